The second-order valence-electron chi connectivity index (χ2n) is 8.51. The molecule has 0 unspecified atom stereocenters. The number of benzene rings is 2. The van der Waals surface area contributed by atoms with E-state index in [1.165, 1.54) is 4.90 Å². The number of nitrogens with zero attached hydrogens (tertiary/aromatic N) is 1. The van der Waals surface area contributed by atoms with Crippen molar-refractivity contribution in [1.82, 2.24) is 0 Å². The van der Waals surface area contributed by atoms with Crippen LogP contribution in [0.4, 0.5) is 5.69 Å². The van der Waals surface area contributed by atoms with Crippen molar-refractivity contribution in [3.63, 3.8) is 0 Å². The van der Waals surface area contributed by atoms with E-state index in [1.807, 2.05) is 32.9 Å². The summed E-state index contributed by atoms with van der Waals surface area (Å²) in [5, 5.41) is 0. The first-order valence-corrected chi connectivity index (χ1v) is 10.7. The Hall–Kier alpha value is -2.22. The van der Waals surface area contributed by atoms with Gasteiger partial charge in [-0.1, -0.05) is 20.8 Å². The van der Waals surface area contributed by atoms with E-state index in [2.05, 4.69) is 22.6 Å². The molecule has 6 heteroatoms. The van der Waals surface area contributed by atoms with Gasteiger partial charge in [0.15, 0.2) is 0 Å². The molecule has 2 bridgehead atoms. The second kappa shape index (κ2) is 6.93. The predicted octanol–water partition coefficient (Wildman–Crippen LogP) is 4.83. The van der Waals surface area contributed by atoms with Crippen molar-refractivity contribution in [2.45, 2.75) is 33.6 Å². The number of esters is 1. The number of imide groups is 1. The van der Waals surface area contributed by atoms with E-state index in [0.29, 0.717) is 23.4 Å². The minimum Gasteiger partial charge on any atom is -0.423 e. The zero-order valence-electron chi connectivity index (χ0n) is 16.6. The topological polar surface area (TPSA) is 63.7 Å². The van der Waals surface area contributed by atoms with Crippen LogP contribution in [0.2, 0.25) is 0 Å². The average molecular weight is 503 g/mol. The van der Waals surface area contributed by atoms with Gasteiger partial charge in [0.2, 0.25) is 11.8 Å². The molecule has 4 rings (SSSR count). The number of hydrogen-bond donors (Lipinski definition) is 0. The molecule has 1 aliphatic heterocycles. The SMILES string of the molecule is CC1(C)[C@H]2CC[C@]1(C)C(=O)N(c1ccc(C(=O)Oc3ccc(I)cc3)cc1)C2=O. The summed E-state index contributed by atoms with van der Waals surface area (Å²) in [5.41, 5.74) is -0.0544. The Morgan fingerprint density at radius 1 is 1.03 bits per heavy atom. The van der Waals surface area contributed by atoms with E-state index in [9.17, 15) is 14.4 Å². The number of halogens is 1. The molecule has 29 heavy (non-hydrogen) atoms. The van der Waals surface area contributed by atoms with Gasteiger partial charge in [-0.3, -0.25) is 9.59 Å². The maximum Gasteiger partial charge on any atom is 0.343 e. The molecule has 1 heterocycles. The van der Waals surface area contributed by atoms with Crippen LogP contribution in [-0.2, 0) is 9.59 Å². The Kier molecular flexibility index (Phi) is 4.80. The van der Waals surface area contributed by atoms with Crippen LogP contribution in [0.1, 0.15) is 44.0 Å². The van der Waals surface area contributed by atoms with E-state index < -0.39 is 11.4 Å². The largest absolute Gasteiger partial charge is 0.423 e. The van der Waals surface area contributed by atoms with Crippen LogP contribution >= 0.6 is 22.6 Å². The van der Waals surface area contributed by atoms with Gasteiger partial charge in [0.25, 0.3) is 0 Å². The highest BCUT2D eigenvalue weighted by Crippen LogP contribution is 2.60. The molecule has 0 N–H and O–H groups in total. The van der Waals surface area contributed by atoms with Crippen molar-refractivity contribution in [3.05, 3.63) is 57.7 Å². The summed E-state index contributed by atoms with van der Waals surface area (Å²) in [5.74, 6) is -0.495. The molecule has 2 aromatic carbocycles. The van der Waals surface area contributed by atoms with Gasteiger partial charge in [-0.2, -0.15) is 0 Å². The van der Waals surface area contributed by atoms with E-state index >= 15 is 0 Å². The van der Waals surface area contributed by atoms with Gasteiger partial charge in [0.05, 0.1) is 16.7 Å². The Bertz CT molecular complexity index is 997. The summed E-state index contributed by atoms with van der Waals surface area (Å²) in [4.78, 5) is 40.0. The summed E-state index contributed by atoms with van der Waals surface area (Å²) in [7, 11) is 0. The van der Waals surface area contributed by atoms with Crippen LogP contribution in [0.3, 0.4) is 0 Å². The lowest BCUT2D eigenvalue weighted by atomic mass is 9.62. The fourth-order valence-corrected chi connectivity index (χ4v) is 4.84. The molecule has 150 valence electrons. The maximum atomic E-state index is 13.2. The lowest BCUT2D eigenvalue weighted by Crippen LogP contribution is -2.59. The van der Waals surface area contributed by atoms with Crippen LogP contribution in [0.25, 0.3) is 0 Å². The van der Waals surface area contributed by atoms with Crippen LogP contribution in [0.5, 0.6) is 5.75 Å². The zero-order valence-corrected chi connectivity index (χ0v) is 18.7. The lowest BCUT2D eigenvalue weighted by Gasteiger charge is -2.47. The molecular formula is C23H22INO4. The molecule has 1 saturated heterocycles. The highest BCUT2D eigenvalue weighted by molar-refractivity contribution is 14.1. The molecule has 0 aromatic heterocycles. The Labute approximate surface area is 183 Å². The maximum absolute atomic E-state index is 13.2. The number of carbonyl (C=O) groups excluding carboxylic acids is 3. The minimum atomic E-state index is -0.562. The van der Waals surface area contributed by atoms with Gasteiger partial charge in [0.1, 0.15) is 5.75 Å². The van der Waals surface area contributed by atoms with Crippen molar-refractivity contribution in [2.24, 2.45) is 16.7 Å². The van der Waals surface area contributed by atoms with Crippen molar-refractivity contribution in [2.75, 3.05) is 4.90 Å². The van der Waals surface area contributed by atoms with Crippen LogP contribution in [0, 0.1) is 20.3 Å². The molecule has 2 atom stereocenters. The van der Waals surface area contributed by atoms with Crippen molar-refractivity contribution >= 4 is 46.1 Å². The van der Waals surface area contributed by atoms with Gasteiger partial charge in [0, 0.05) is 9.49 Å². The van der Waals surface area contributed by atoms with Gasteiger partial charge >= 0.3 is 5.97 Å². The molecule has 5 nitrogen and oxygen atoms in total. The molecule has 1 saturated carbocycles. The molecule has 0 radical (unpaired) electrons. The Balaban J connectivity index is 1.56. The molecule has 2 amide bonds. The predicted molar refractivity (Wildman–Crippen MR) is 118 cm³/mol. The van der Waals surface area contributed by atoms with E-state index in [1.54, 1.807) is 36.4 Å². The smallest absolute Gasteiger partial charge is 0.343 e. The van der Waals surface area contributed by atoms with Crippen molar-refractivity contribution in [1.29, 1.82) is 0 Å². The average Bonchev–Trinajstić information content (AvgIpc) is 2.87. The van der Waals surface area contributed by atoms with E-state index in [4.69, 9.17) is 4.74 Å². The van der Waals surface area contributed by atoms with E-state index in [-0.39, 0.29) is 23.1 Å². The van der Waals surface area contributed by atoms with Crippen molar-refractivity contribution in [3.8, 4) is 5.75 Å². The number of fused-ring (bicyclic) bond motifs is 2. The number of amides is 2. The number of ether oxygens (including phenoxy) is 1. The molecule has 2 aliphatic rings. The summed E-state index contributed by atoms with van der Waals surface area (Å²) in [6, 6.07) is 13.6. The van der Waals surface area contributed by atoms with Crippen LogP contribution in [-0.4, -0.2) is 17.8 Å². The summed E-state index contributed by atoms with van der Waals surface area (Å²) >= 11 is 2.18. The Morgan fingerprint density at radius 2 is 1.66 bits per heavy atom. The number of piperidine rings is 1. The Morgan fingerprint density at radius 3 is 2.28 bits per heavy atom. The number of anilines is 1. The quantitative estimate of drug-likeness (QED) is 0.261. The summed E-state index contributed by atoms with van der Waals surface area (Å²) in [6.45, 7) is 5.99. The monoisotopic (exact) mass is 503 g/mol. The lowest BCUT2D eigenvalue weighted by molar-refractivity contribution is -0.146. The minimum absolute atomic E-state index is 0.149. The third kappa shape index (κ3) is 3.08. The first-order chi connectivity index (χ1) is 13.6. The van der Waals surface area contributed by atoms with Gasteiger partial charge in [-0.25, -0.2) is 9.69 Å². The van der Waals surface area contributed by atoms with Crippen LogP contribution < -0.4 is 9.64 Å². The standard InChI is InChI=1S/C23H22INO4/c1-22(2)18-12-13-23(22,3)21(28)25(19(18)26)16-8-4-14(5-9-16)20(27)29-17-10-6-15(24)7-11-17/h4-11,18H,12-13H2,1-3H3/t18-,23+/m0/s1. The molecule has 0 spiro atoms. The van der Waals surface area contributed by atoms with E-state index in [0.717, 1.165) is 9.99 Å². The summed E-state index contributed by atoms with van der Waals surface area (Å²) < 4.78 is 6.43. The fourth-order valence-electron chi connectivity index (χ4n) is 4.48. The van der Waals surface area contributed by atoms with Gasteiger partial charge in [-0.15, -0.1) is 0 Å². The van der Waals surface area contributed by atoms with Crippen molar-refractivity contribution < 1.29 is 19.1 Å². The highest BCUT2D eigenvalue weighted by Gasteiger charge is 2.64. The molecular weight excluding hydrogens is 481 g/mol. The first kappa shape index (κ1) is 20.1. The number of hydrogen-bond acceptors (Lipinski definition) is 4. The number of rotatable bonds is 3. The normalized spacial score (nSPS) is 25.2. The molecule has 2 aromatic rings. The van der Waals surface area contributed by atoms with Gasteiger partial charge < -0.3 is 4.74 Å². The third-order valence-electron chi connectivity index (χ3n) is 6.81. The molecule has 1 aliphatic carbocycles. The zero-order chi connectivity index (χ0) is 21.0. The van der Waals surface area contributed by atoms with Crippen LogP contribution in [0.15, 0.2) is 48.5 Å². The molecule has 2 fully saturated rings. The number of carbonyl (C=O) groups is 3. The third-order valence-corrected chi connectivity index (χ3v) is 7.52. The van der Waals surface area contributed by atoms with Gasteiger partial charge in [-0.05, 0) is 89.4 Å². The highest BCUT2D eigenvalue weighted by atomic mass is 127. The summed E-state index contributed by atoms with van der Waals surface area (Å²) in [6.07, 6.45) is 1.44. The second-order valence-corrected chi connectivity index (χ2v) is 9.76. The first-order valence-electron chi connectivity index (χ1n) is 9.61. The fraction of sp³-hybridized carbons (Fsp3) is 0.348.